The van der Waals surface area contributed by atoms with E-state index < -0.39 is 0 Å². The highest BCUT2D eigenvalue weighted by Crippen LogP contribution is 2.39. The molecule has 2 saturated heterocycles. The maximum atomic E-state index is 6.03. The van der Waals surface area contributed by atoms with Crippen molar-refractivity contribution in [1.29, 1.82) is 0 Å². The third kappa shape index (κ3) is 2.82. The van der Waals surface area contributed by atoms with Crippen LogP contribution in [0, 0.1) is 5.92 Å². The van der Waals surface area contributed by atoms with E-state index in [0.29, 0.717) is 0 Å². The van der Waals surface area contributed by atoms with Crippen molar-refractivity contribution in [2.45, 2.75) is 38.6 Å². The largest absolute Gasteiger partial charge is 0.494 e. The Hall–Kier alpha value is -1.26. The van der Waals surface area contributed by atoms with E-state index >= 15 is 0 Å². The van der Waals surface area contributed by atoms with E-state index in [0.717, 1.165) is 41.0 Å². The second-order valence-electron chi connectivity index (χ2n) is 7.07. The molecule has 0 bridgehead atoms. The maximum Gasteiger partial charge on any atom is 0.147 e. The number of ether oxygens (including phenoxy) is 1. The molecule has 0 aromatic heterocycles. The minimum Gasteiger partial charge on any atom is -0.494 e. The average molecular weight is 304 g/mol. The molecule has 2 aliphatic heterocycles. The Morgan fingerprint density at radius 2 is 1.82 bits per heavy atom. The van der Waals surface area contributed by atoms with Gasteiger partial charge in [-0.15, -0.1) is 0 Å². The number of likely N-dealkylation sites (tertiary alicyclic amines) is 1. The molecule has 0 saturated carbocycles. The van der Waals surface area contributed by atoms with Crippen molar-refractivity contribution in [3.63, 3.8) is 0 Å². The van der Waals surface area contributed by atoms with Crippen LogP contribution in [0.5, 0.6) is 5.75 Å². The molecule has 0 atom stereocenters. The summed E-state index contributed by atoms with van der Waals surface area (Å²) in [6.45, 7) is 7.18. The number of nitrogens with zero attached hydrogens (tertiary/aromatic N) is 1. The maximum absolute atomic E-state index is 6.03. The Kier molecular flexibility index (Phi) is 4.59. The number of anilines is 1. The van der Waals surface area contributed by atoms with Crippen molar-refractivity contribution in [2.24, 2.45) is 5.92 Å². The van der Waals surface area contributed by atoms with Crippen LogP contribution in [0.3, 0.4) is 0 Å². The van der Waals surface area contributed by atoms with Crippen LogP contribution in [0.1, 0.15) is 32.6 Å². The van der Waals surface area contributed by atoms with Crippen LogP contribution in [-0.2, 0) is 0 Å². The van der Waals surface area contributed by atoms with Crippen LogP contribution in [-0.4, -0.2) is 39.3 Å². The highest BCUT2D eigenvalue weighted by Gasteiger charge is 2.42. The predicted octanol–water partition coefficient (Wildman–Crippen LogP) is 2.77. The molecular weight excluding hydrogens is 274 g/mol. The van der Waals surface area contributed by atoms with Gasteiger partial charge in [0.1, 0.15) is 11.4 Å². The van der Waals surface area contributed by atoms with Gasteiger partial charge in [-0.3, -0.25) is 4.48 Å². The smallest absolute Gasteiger partial charge is 0.147 e. The first kappa shape index (κ1) is 15.6. The fourth-order valence-corrected chi connectivity index (χ4v) is 4.27. The number of quaternary nitrogens is 1. The predicted molar refractivity (Wildman–Crippen MR) is 93.2 cm³/mol. The van der Waals surface area contributed by atoms with Gasteiger partial charge in [-0.05, 0) is 24.8 Å². The van der Waals surface area contributed by atoms with Gasteiger partial charge in [-0.2, -0.15) is 0 Å². The normalized spacial score (nSPS) is 30.2. The van der Waals surface area contributed by atoms with Crippen LogP contribution in [0.4, 0.5) is 11.4 Å². The van der Waals surface area contributed by atoms with Crippen molar-refractivity contribution in [3.8, 4) is 5.75 Å². The van der Waals surface area contributed by atoms with Gasteiger partial charge in [-0.25, -0.2) is 0 Å². The molecule has 1 aromatic carbocycles. The third-order valence-electron chi connectivity index (χ3n) is 5.78. The first-order valence-electron chi connectivity index (χ1n) is 8.67. The summed E-state index contributed by atoms with van der Waals surface area (Å²) in [4.78, 5) is 0. The molecule has 1 aromatic rings. The zero-order valence-electron chi connectivity index (χ0n) is 14.0. The SMILES string of the molecule is COc1cc([N+]2(C3CCNCC3)CCC(C)CC2)ccc1N. The second-order valence-corrected chi connectivity index (χ2v) is 7.07. The molecule has 0 spiro atoms. The molecule has 22 heavy (non-hydrogen) atoms. The molecular formula is C18H30N3O+. The summed E-state index contributed by atoms with van der Waals surface area (Å²) < 4.78 is 6.61. The minimum absolute atomic E-state index is 0.724. The van der Waals surface area contributed by atoms with E-state index in [1.807, 2.05) is 6.07 Å². The van der Waals surface area contributed by atoms with Gasteiger partial charge < -0.3 is 15.8 Å². The summed E-state index contributed by atoms with van der Waals surface area (Å²) in [5.41, 5.74) is 8.16. The molecule has 4 nitrogen and oxygen atoms in total. The highest BCUT2D eigenvalue weighted by molar-refractivity contribution is 5.61. The lowest BCUT2D eigenvalue weighted by atomic mass is 9.90. The molecule has 2 fully saturated rings. The number of nitrogen functional groups attached to an aromatic ring is 1. The zero-order valence-corrected chi connectivity index (χ0v) is 14.0. The fourth-order valence-electron chi connectivity index (χ4n) is 4.27. The van der Waals surface area contributed by atoms with Gasteiger partial charge in [0, 0.05) is 38.1 Å². The topological polar surface area (TPSA) is 47.3 Å². The Morgan fingerprint density at radius 3 is 2.45 bits per heavy atom. The first-order valence-corrected chi connectivity index (χ1v) is 8.67. The van der Waals surface area contributed by atoms with E-state index in [1.54, 1.807) is 7.11 Å². The van der Waals surface area contributed by atoms with Crippen molar-refractivity contribution >= 4 is 11.4 Å². The number of hydrogen-bond donors (Lipinski definition) is 2. The number of nitrogens with two attached hydrogens (primary N) is 1. The minimum atomic E-state index is 0.724. The molecule has 0 radical (unpaired) electrons. The van der Waals surface area contributed by atoms with Gasteiger partial charge in [0.15, 0.2) is 0 Å². The lowest BCUT2D eigenvalue weighted by Crippen LogP contribution is -2.62. The van der Waals surface area contributed by atoms with Crippen molar-refractivity contribution in [3.05, 3.63) is 18.2 Å². The number of benzene rings is 1. The Labute approximate surface area is 134 Å². The Balaban J connectivity index is 1.97. The molecule has 0 unspecified atom stereocenters. The molecule has 3 rings (SSSR count). The summed E-state index contributed by atoms with van der Waals surface area (Å²) in [6.07, 6.45) is 5.16. The van der Waals surface area contributed by atoms with E-state index in [-0.39, 0.29) is 0 Å². The molecule has 0 aliphatic carbocycles. The molecule has 3 N–H and O–H groups in total. The van der Waals surface area contributed by atoms with Crippen LogP contribution < -0.4 is 20.3 Å². The van der Waals surface area contributed by atoms with Crippen LogP contribution in [0.25, 0.3) is 0 Å². The van der Waals surface area contributed by atoms with E-state index in [2.05, 4.69) is 24.4 Å². The van der Waals surface area contributed by atoms with Crippen LogP contribution in [0.2, 0.25) is 0 Å². The summed E-state index contributed by atoms with van der Waals surface area (Å²) >= 11 is 0. The number of rotatable bonds is 3. The molecule has 122 valence electrons. The quantitative estimate of drug-likeness (QED) is 0.667. The van der Waals surface area contributed by atoms with Gasteiger partial charge in [-0.1, -0.05) is 6.92 Å². The summed E-state index contributed by atoms with van der Waals surface area (Å²) in [7, 11) is 1.71. The number of nitrogens with one attached hydrogen (secondary N) is 1. The second kappa shape index (κ2) is 6.47. The number of piperidine rings is 2. The fraction of sp³-hybridized carbons (Fsp3) is 0.667. The van der Waals surface area contributed by atoms with Gasteiger partial charge >= 0.3 is 0 Å². The Bertz CT molecular complexity index is 503. The van der Waals surface area contributed by atoms with E-state index in [4.69, 9.17) is 10.5 Å². The highest BCUT2D eigenvalue weighted by atomic mass is 16.5. The van der Waals surface area contributed by atoms with Gasteiger partial charge in [0.05, 0.1) is 31.9 Å². The molecule has 2 aliphatic rings. The van der Waals surface area contributed by atoms with Crippen LogP contribution >= 0.6 is 0 Å². The van der Waals surface area contributed by atoms with E-state index in [9.17, 15) is 0 Å². The summed E-state index contributed by atoms with van der Waals surface area (Å²) in [6, 6.07) is 7.17. The van der Waals surface area contributed by atoms with Crippen molar-refractivity contribution in [2.75, 3.05) is 39.0 Å². The summed E-state index contributed by atoms with van der Waals surface area (Å²) in [5.74, 6) is 1.67. The number of methoxy groups -OCH3 is 1. The van der Waals surface area contributed by atoms with Crippen molar-refractivity contribution < 1.29 is 4.74 Å². The lowest BCUT2D eigenvalue weighted by molar-refractivity contribution is 0.119. The lowest BCUT2D eigenvalue weighted by Gasteiger charge is -2.49. The Morgan fingerprint density at radius 1 is 1.14 bits per heavy atom. The standard InChI is InChI=1S/C18H30N3O/c1-14-7-11-21(12-8-14,15-5-9-20-10-6-15)16-3-4-17(19)18(13-16)22-2/h3-4,13-15,20H,5-12,19H2,1-2H3/q+1. The van der Waals surface area contributed by atoms with Gasteiger partial charge in [0.2, 0.25) is 0 Å². The number of hydrogen-bond acceptors (Lipinski definition) is 3. The monoisotopic (exact) mass is 304 g/mol. The average Bonchev–Trinajstić information content (AvgIpc) is 2.57. The zero-order chi connectivity index (χ0) is 15.6. The van der Waals surface area contributed by atoms with Crippen LogP contribution in [0.15, 0.2) is 18.2 Å². The molecule has 2 heterocycles. The molecule has 0 amide bonds. The van der Waals surface area contributed by atoms with Crippen molar-refractivity contribution in [1.82, 2.24) is 9.80 Å². The van der Waals surface area contributed by atoms with Gasteiger partial charge in [0.25, 0.3) is 0 Å². The van der Waals surface area contributed by atoms with E-state index in [1.165, 1.54) is 44.5 Å². The molecule has 4 heteroatoms. The third-order valence-corrected chi connectivity index (χ3v) is 5.78. The summed E-state index contributed by atoms with van der Waals surface area (Å²) in [5, 5.41) is 3.51. The first-order chi connectivity index (χ1) is 10.7.